The fraction of sp³-hybridized carbons (Fsp3) is 0.500. The standard InChI is InChI=1S/C14H18ClNO4S/c1-10-6-11(8-12(7-10)21(15,18)19)13(17)16-14(2)4-3-5-20-9-14/h6-8H,3-5,9H2,1-2H3,(H,16,17). The zero-order valence-electron chi connectivity index (χ0n) is 12.0. The molecule has 116 valence electrons. The molecule has 1 aromatic rings. The summed E-state index contributed by atoms with van der Waals surface area (Å²) in [5.41, 5.74) is 0.506. The van der Waals surface area contributed by atoms with Gasteiger partial charge in [-0.15, -0.1) is 0 Å². The fourth-order valence-corrected chi connectivity index (χ4v) is 3.26. The maximum atomic E-state index is 12.3. The lowest BCUT2D eigenvalue weighted by Crippen LogP contribution is -2.51. The molecular weight excluding hydrogens is 314 g/mol. The number of benzene rings is 1. The third-order valence-electron chi connectivity index (χ3n) is 3.45. The summed E-state index contributed by atoms with van der Waals surface area (Å²) in [5, 5.41) is 2.92. The number of amides is 1. The van der Waals surface area contributed by atoms with Gasteiger partial charge in [0.05, 0.1) is 17.0 Å². The van der Waals surface area contributed by atoms with Gasteiger partial charge in [0.2, 0.25) is 0 Å². The number of ether oxygens (including phenoxy) is 1. The Balaban J connectivity index is 2.25. The monoisotopic (exact) mass is 331 g/mol. The highest BCUT2D eigenvalue weighted by atomic mass is 35.7. The first-order valence-corrected chi connectivity index (χ1v) is 8.97. The molecule has 1 aromatic carbocycles. The van der Waals surface area contributed by atoms with Crippen LogP contribution in [0.15, 0.2) is 23.1 Å². The summed E-state index contributed by atoms with van der Waals surface area (Å²) < 4.78 is 28.2. The average Bonchev–Trinajstić information content (AvgIpc) is 2.37. The van der Waals surface area contributed by atoms with Gasteiger partial charge in [-0.1, -0.05) is 0 Å². The van der Waals surface area contributed by atoms with Crippen LogP contribution >= 0.6 is 10.7 Å². The molecule has 1 atom stereocenters. The molecule has 1 aliphatic heterocycles. The minimum atomic E-state index is -3.86. The van der Waals surface area contributed by atoms with Crippen molar-refractivity contribution in [3.63, 3.8) is 0 Å². The maximum absolute atomic E-state index is 12.3. The summed E-state index contributed by atoms with van der Waals surface area (Å²) in [6.45, 7) is 4.78. The van der Waals surface area contributed by atoms with Gasteiger partial charge in [0.1, 0.15) is 0 Å². The van der Waals surface area contributed by atoms with Crippen LogP contribution in [0.5, 0.6) is 0 Å². The first-order chi connectivity index (χ1) is 9.70. The van der Waals surface area contributed by atoms with Gasteiger partial charge in [-0.25, -0.2) is 8.42 Å². The van der Waals surface area contributed by atoms with Crippen molar-refractivity contribution in [1.82, 2.24) is 5.32 Å². The molecule has 7 heteroatoms. The molecule has 1 heterocycles. The van der Waals surface area contributed by atoms with Gasteiger partial charge in [-0.3, -0.25) is 4.79 Å². The molecule has 1 saturated heterocycles. The molecule has 1 amide bonds. The average molecular weight is 332 g/mol. The molecule has 0 aromatic heterocycles. The van der Waals surface area contributed by atoms with Gasteiger partial charge in [0.15, 0.2) is 0 Å². The van der Waals surface area contributed by atoms with E-state index in [0.717, 1.165) is 12.8 Å². The Morgan fingerprint density at radius 2 is 2.10 bits per heavy atom. The van der Waals surface area contributed by atoms with Crippen LogP contribution in [0.3, 0.4) is 0 Å². The predicted molar refractivity (Wildman–Crippen MR) is 80.1 cm³/mol. The Labute approximate surface area is 129 Å². The summed E-state index contributed by atoms with van der Waals surface area (Å²) in [7, 11) is 1.48. The van der Waals surface area contributed by atoms with E-state index in [4.69, 9.17) is 15.4 Å². The first-order valence-electron chi connectivity index (χ1n) is 6.66. The molecule has 21 heavy (non-hydrogen) atoms. The lowest BCUT2D eigenvalue weighted by atomic mass is 9.94. The highest BCUT2D eigenvalue weighted by Gasteiger charge is 2.30. The predicted octanol–water partition coefficient (Wildman–Crippen LogP) is 2.22. The summed E-state index contributed by atoms with van der Waals surface area (Å²) >= 11 is 0. The molecule has 2 rings (SSSR count). The molecule has 5 nitrogen and oxygen atoms in total. The second-order valence-corrected chi connectivity index (χ2v) is 8.21. The topological polar surface area (TPSA) is 72.5 Å². The second kappa shape index (κ2) is 5.94. The van der Waals surface area contributed by atoms with Crippen molar-refractivity contribution in [3.05, 3.63) is 29.3 Å². The minimum absolute atomic E-state index is 0.0700. The van der Waals surface area contributed by atoms with Crippen molar-refractivity contribution < 1.29 is 17.9 Å². The Hall–Kier alpha value is -1.11. The molecule has 0 saturated carbocycles. The minimum Gasteiger partial charge on any atom is -0.379 e. The van der Waals surface area contributed by atoms with E-state index >= 15 is 0 Å². The molecule has 1 aliphatic rings. The Morgan fingerprint density at radius 1 is 1.38 bits per heavy atom. The van der Waals surface area contributed by atoms with Crippen LogP contribution < -0.4 is 5.32 Å². The van der Waals surface area contributed by atoms with Gasteiger partial charge in [-0.05, 0) is 50.5 Å². The van der Waals surface area contributed by atoms with Crippen LogP contribution in [-0.4, -0.2) is 33.1 Å². The normalized spacial score (nSPS) is 22.8. The van der Waals surface area contributed by atoms with E-state index < -0.39 is 14.6 Å². The summed E-state index contributed by atoms with van der Waals surface area (Å²) in [6, 6.07) is 4.36. The van der Waals surface area contributed by atoms with Crippen LogP contribution in [0.2, 0.25) is 0 Å². The molecule has 0 radical (unpaired) electrons. The van der Waals surface area contributed by atoms with E-state index in [1.165, 1.54) is 12.1 Å². The van der Waals surface area contributed by atoms with Crippen molar-refractivity contribution in [2.45, 2.75) is 37.1 Å². The lowest BCUT2D eigenvalue weighted by molar-refractivity contribution is 0.0272. The van der Waals surface area contributed by atoms with E-state index in [1.807, 2.05) is 6.92 Å². The number of aryl methyl sites for hydroxylation is 1. The van der Waals surface area contributed by atoms with E-state index in [1.54, 1.807) is 13.0 Å². The number of halogens is 1. The van der Waals surface area contributed by atoms with Crippen LogP contribution in [-0.2, 0) is 13.8 Å². The van der Waals surface area contributed by atoms with Crippen LogP contribution in [0.4, 0.5) is 0 Å². The number of carbonyl (C=O) groups is 1. The number of carbonyl (C=O) groups excluding carboxylic acids is 1. The SMILES string of the molecule is Cc1cc(C(=O)NC2(C)CCCOC2)cc(S(=O)(=O)Cl)c1. The van der Waals surface area contributed by atoms with E-state index in [2.05, 4.69) is 5.32 Å². The maximum Gasteiger partial charge on any atom is 0.261 e. The van der Waals surface area contributed by atoms with Crippen LogP contribution in [0.25, 0.3) is 0 Å². The van der Waals surface area contributed by atoms with E-state index in [-0.39, 0.29) is 16.4 Å². The highest BCUT2D eigenvalue weighted by molar-refractivity contribution is 8.13. The Kier molecular flexibility index (Phi) is 4.60. The third kappa shape index (κ3) is 4.18. The van der Waals surface area contributed by atoms with Crippen molar-refractivity contribution in [2.24, 2.45) is 0 Å². The number of nitrogens with one attached hydrogen (secondary N) is 1. The van der Waals surface area contributed by atoms with Crippen molar-refractivity contribution >= 4 is 25.6 Å². The molecule has 1 fully saturated rings. The zero-order valence-corrected chi connectivity index (χ0v) is 13.6. The molecule has 0 spiro atoms. The quantitative estimate of drug-likeness (QED) is 0.862. The van der Waals surface area contributed by atoms with Crippen molar-refractivity contribution in [1.29, 1.82) is 0 Å². The molecule has 0 bridgehead atoms. The first kappa shape index (κ1) is 16.3. The van der Waals surface area contributed by atoms with Gasteiger partial charge >= 0.3 is 0 Å². The summed E-state index contributed by atoms with van der Waals surface area (Å²) in [5.74, 6) is -0.326. The molecule has 1 unspecified atom stereocenters. The third-order valence-corrected chi connectivity index (χ3v) is 4.78. The van der Waals surface area contributed by atoms with Gasteiger partial charge < -0.3 is 10.1 Å². The summed E-state index contributed by atoms with van der Waals surface area (Å²) in [6.07, 6.45) is 1.71. The number of rotatable bonds is 3. The fourth-order valence-electron chi connectivity index (χ4n) is 2.40. The largest absolute Gasteiger partial charge is 0.379 e. The van der Waals surface area contributed by atoms with Crippen molar-refractivity contribution in [3.8, 4) is 0 Å². The molecule has 1 N–H and O–H groups in total. The van der Waals surface area contributed by atoms with Gasteiger partial charge in [0, 0.05) is 22.9 Å². The smallest absolute Gasteiger partial charge is 0.261 e. The Bertz CT molecular complexity index is 651. The lowest BCUT2D eigenvalue weighted by Gasteiger charge is -2.34. The van der Waals surface area contributed by atoms with Crippen LogP contribution in [0.1, 0.15) is 35.7 Å². The number of hydrogen-bond acceptors (Lipinski definition) is 4. The summed E-state index contributed by atoms with van der Waals surface area (Å²) in [4.78, 5) is 12.3. The van der Waals surface area contributed by atoms with Crippen molar-refractivity contribution in [2.75, 3.05) is 13.2 Å². The van der Waals surface area contributed by atoms with Crippen LogP contribution in [0, 0.1) is 6.92 Å². The van der Waals surface area contributed by atoms with Gasteiger partial charge in [-0.2, -0.15) is 0 Å². The highest BCUT2D eigenvalue weighted by Crippen LogP contribution is 2.21. The van der Waals surface area contributed by atoms with E-state index in [0.29, 0.717) is 18.8 Å². The van der Waals surface area contributed by atoms with E-state index in [9.17, 15) is 13.2 Å². The number of hydrogen-bond donors (Lipinski definition) is 1. The zero-order chi connectivity index (χ0) is 15.7. The molecular formula is C14H18ClNO4S. The Morgan fingerprint density at radius 3 is 2.67 bits per heavy atom. The second-order valence-electron chi connectivity index (χ2n) is 5.64. The van der Waals surface area contributed by atoms with Gasteiger partial charge in [0.25, 0.3) is 15.0 Å². The molecule has 0 aliphatic carbocycles.